The first-order valence-electron chi connectivity index (χ1n) is 8.84. The van der Waals surface area contributed by atoms with Crippen LogP contribution in [-0.2, 0) is 20.7 Å². The summed E-state index contributed by atoms with van der Waals surface area (Å²) in [4.78, 5) is 28.1. The Balaban J connectivity index is 1.60. The van der Waals surface area contributed by atoms with Crippen LogP contribution < -0.4 is 4.74 Å². The number of ether oxygens (including phenoxy) is 2. The van der Waals surface area contributed by atoms with Crippen LogP contribution in [-0.4, -0.2) is 67.6 Å². The van der Waals surface area contributed by atoms with Crippen molar-refractivity contribution in [1.82, 2.24) is 9.80 Å². The van der Waals surface area contributed by atoms with E-state index >= 15 is 0 Å². The first-order chi connectivity index (χ1) is 12.1. The molecule has 0 saturated carbocycles. The van der Waals surface area contributed by atoms with Gasteiger partial charge < -0.3 is 19.3 Å². The van der Waals surface area contributed by atoms with Crippen molar-refractivity contribution in [2.45, 2.75) is 25.9 Å². The van der Waals surface area contributed by atoms with Crippen molar-refractivity contribution in [2.75, 3.05) is 39.9 Å². The summed E-state index contributed by atoms with van der Waals surface area (Å²) in [7, 11) is 1.62. The number of fused-ring (bicyclic) bond motifs is 1. The summed E-state index contributed by atoms with van der Waals surface area (Å²) in [5, 5.41) is 0. The van der Waals surface area contributed by atoms with Gasteiger partial charge in [0.25, 0.3) is 0 Å². The number of nitrogens with zero attached hydrogens (tertiary/aromatic N) is 2. The smallest absolute Gasteiger partial charge is 0.227 e. The number of rotatable bonds is 3. The molecule has 0 aliphatic carbocycles. The number of piperidine rings is 1. The molecule has 0 spiro atoms. The van der Waals surface area contributed by atoms with Crippen molar-refractivity contribution < 1.29 is 19.1 Å². The molecule has 2 aliphatic rings. The number of carbonyl (C=O) groups excluding carboxylic acids is 2. The Morgan fingerprint density at radius 3 is 2.84 bits per heavy atom. The van der Waals surface area contributed by atoms with Gasteiger partial charge in [0.15, 0.2) is 0 Å². The third-order valence-electron chi connectivity index (χ3n) is 5.13. The molecular weight excluding hydrogens is 320 g/mol. The number of hydrogen-bond donors (Lipinski definition) is 0. The van der Waals surface area contributed by atoms with Crippen molar-refractivity contribution >= 4 is 11.8 Å². The zero-order valence-corrected chi connectivity index (χ0v) is 14.9. The number of amides is 2. The van der Waals surface area contributed by atoms with Gasteiger partial charge in [0.05, 0.1) is 26.2 Å². The highest BCUT2D eigenvalue weighted by molar-refractivity contribution is 5.79. The normalized spacial score (nSPS) is 23.6. The van der Waals surface area contributed by atoms with Gasteiger partial charge in [0.1, 0.15) is 5.75 Å². The minimum atomic E-state index is 0.0207. The Labute approximate surface area is 148 Å². The molecule has 25 heavy (non-hydrogen) atoms. The van der Waals surface area contributed by atoms with Crippen LogP contribution in [0.2, 0.25) is 0 Å². The van der Waals surface area contributed by atoms with Crippen molar-refractivity contribution in [3.63, 3.8) is 0 Å². The molecule has 136 valence electrons. The van der Waals surface area contributed by atoms with Crippen molar-refractivity contribution in [3.05, 3.63) is 29.8 Å². The number of hydrogen-bond acceptors (Lipinski definition) is 4. The Morgan fingerprint density at radius 2 is 2.08 bits per heavy atom. The van der Waals surface area contributed by atoms with Crippen LogP contribution in [0.15, 0.2) is 24.3 Å². The van der Waals surface area contributed by atoms with Crippen molar-refractivity contribution in [3.8, 4) is 5.75 Å². The zero-order chi connectivity index (χ0) is 17.8. The van der Waals surface area contributed by atoms with Crippen LogP contribution in [0, 0.1) is 5.92 Å². The first-order valence-corrected chi connectivity index (χ1v) is 8.84. The SMILES string of the molecule is COc1cccc(CC(=O)N2CC[C@H]3CN(C(C)=O)CCO[C@H]3C2)c1. The number of carbonyl (C=O) groups is 2. The van der Waals surface area contributed by atoms with Gasteiger partial charge >= 0.3 is 0 Å². The van der Waals surface area contributed by atoms with Crippen molar-refractivity contribution in [1.29, 1.82) is 0 Å². The highest BCUT2D eigenvalue weighted by Gasteiger charge is 2.35. The quantitative estimate of drug-likeness (QED) is 0.829. The lowest BCUT2D eigenvalue weighted by molar-refractivity contribution is -0.136. The molecule has 6 heteroatoms. The first kappa shape index (κ1) is 17.7. The lowest BCUT2D eigenvalue weighted by Gasteiger charge is -2.38. The van der Waals surface area contributed by atoms with Crippen LogP contribution in [0.1, 0.15) is 18.9 Å². The maximum Gasteiger partial charge on any atom is 0.227 e. The zero-order valence-electron chi connectivity index (χ0n) is 14.9. The van der Waals surface area contributed by atoms with E-state index in [-0.39, 0.29) is 17.9 Å². The molecule has 0 bridgehead atoms. The van der Waals surface area contributed by atoms with Crippen LogP contribution in [0.4, 0.5) is 0 Å². The molecule has 1 aromatic carbocycles. The van der Waals surface area contributed by atoms with E-state index in [0.717, 1.165) is 30.8 Å². The minimum absolute atomic E-state index is 0.0207. The summed E-state index contributed by atoms with van der Waals surface area (Å²) in [5.74, 6) is 1.29. The second kappa shape index (κ2) is 7.87. The molecule has 0 radical (unpaired) electrons. The van der Waals surface area contributed by atoms with E-state index in [1.807, 2.05) is 34.1 Å². The van der Waals surface area contributed by atoms with Gasteiger partial charge in [-0.15, -0.1) is 0 Å². The van der Waals surface area contributed by atoms with E-state index in [1.165, 1.54) is 0 Å². The molecule has 2 saturated heterocycles. The predicted octanol–water partition coefficient (Wildman–Crippen LogP) is 1.33. The Hall–Kier alpha value is -2.08. The number of benzene rings is 1. The topological polar surface area (TPSA) is 59.1 Å². The molecule has 0 unspecified atom stereocenters. The summed E-state index contributed by atoms with van der Waals surface area (Å²) in [6.07, 6.45) is 1.26. The molecular formula is C19H26N2O4. The highest BCUT2D eigenvalue weighted by atomic mass is 16.5. The maximum atomic E-state index is 12.7. The Kier molecular flexibility index (Phi) is 5.58. The molecule has 2 aliphatic heterocycles. The standard InChI is InChI=1S/C19H26N2O4/c1-14(22)20-8-9-25-18-13-21(7-6-16(18)12-20)19(23)11-15-4-3-5-17(10-15)24-2/h3-5,10,16,18H,6-9,11-13H2,1-2H3/t16-,18-/m0/s1. The van der Waals surface area contributed by atoms with Crippen LogP contribution in [0.3, 0.4) is 0 Å². The average Bonchev–Trinajstić information content (AvgIpc) is 2.83. The van der Waals surface area contributed by atoms with E-state index in [2.05, 4.69) is 0 Å². The molecule has 3 rings (SSSR count). The summed E-state index contributed by atoms with van der Waals surface area (Å²) in [5.41, 5.74) is 0.955. The van der Waals surface area contributed by atoms with E-state index in [4.69, 9.17) is 9.47 Å². The maximum absolute atomic E-state index is 12.7. The van der Waals surface area contributed by atoms with Gasteiger partial charge in [-0.25, -0.2) is 0 Å². The molecule has 6 nitrogen and oxygen atoms in total. The van der Waals surface area contributed by atoms with Crippen LogP contribution in [0.5, 0.6) is 5.75 Å². The number of likely N-dealkylation sites (tertiary alicyclic amines) is 1. The fourth-order valence-electron chi connectivity index (χ4n) is 3.63. The van der Waals surface area contributed by atoms with Crippen LogP contribution in [0.25, 0.3) is 0 Å². The third-order valence-corrected chi connectivity index (χ3v) is 5.13. The van der Waals surface area contributed by atoms with E-state index in [1.54, 1.807) is 14.0 Å². The molecule has 1 aromatic rings. The van der Waals surface area contributed by atoms with Gasteiger partial charge in [-0.3, -0.25) is 9.59 Å². The molecule has 2 amide bonds. The van der Waals surface area contributed by atoms with E-state index in [0.29, 0.717) is 32.0 Å². The van der Waals surface area contributed by atoms with Crippen LogP contribution >= 0.6 is 0 Å². The van der Waals surface area contributed by atoms with Gasteiger partial charge in [-0.2, -0.15) is 0 Å². The third kappa shape index (κ3) is 4.31. The largest absolute Gasteiger partial charge is 0.497 e. The summed E-state index contributed by atoms with van der Waals surface area (Å²) in [6.45, 7) is 4.85. The molecule has 2 fully saturated rings. The van der Waals surface area contributed by atoms with Gasteiger partial charge in [-0.05, 0) is 24.1 Å². The fraction of sp³-hybridized carbons (Fsp3) is 0.579. The molecule has 2 atom stereocenters. The highest BCUT2D eigenvalue weighted by Crippen LogP contribution is 2.25. The average molecular weight is 346 g/mol. The second-order valence-corrected chi connectivity index (χ2v) is 6.79. The lowest BCUT2D eigenvalue weighted by atomic mass is 9.93. The summed E-state index contributed by atoms with van der Waals surface area (Å²) < 4.78 is 11.2. The molecule has 0 aromatic heterocycles. The Bertz CT molecular complexity index is 634. The monoisotopic (exact) mass is 346 g/mol. The predicted molar refractivity (Wildman–Crippen MR) is 93.4 cm³/mol. The Morgan fingerprint density at radius 1 is 1.24 bits per heavy atom. The molecule has 0 N–H and O–H groups in total. The van der Waals surface area contributed by atoms with E-state index in [9.17, 15) is 9.59 Å². The summed E-state index contributed by atoms with van der Waals surface area (Å²) in [6, 6.07) is 7.62. The number of methoxy groups -OCH3 is 1. The van der Waals surface area contributed by atoms with Gasteiger partial charge in [0.2, 0.25) is 11.8 Å². The van der Waals surface area contributed by atoms with Crippen molar-refractivity contribution in [2.24, 2.45) is 5.92 Å². The van der Waals surface area contributed by atoms with Gasteiger partial charge in [-0.1, -0.05) is 12.1 Å². The van der Waals surface area contributed by atoms with E-state index < -0.39 is 0 Å². The minimum Gasteiger partial charge on any atom is -0.497 e. The second-order valence-electron chi connectivity index (χ2n) is 6.79. The summed E-state index contributed by atoms with van der Waals surface area (Å²) >= 11 is 0. The lowest BCUT2D eigenvalue weighted by Crippen LogP contribution is -2.49. The van der Waals surface area contributed by atoms with Gasteiger partial charge in [0, 0.05) is 39.0 Å². The fourth-order valence-corrected chi connectivity index (χ4v) is 3.63. The molecule has 2 heterocycles.